The van der Waals surface area contributed by atoms with Gasteiger partial charge in [-0.3, -0.25) is 4.79 Å². The molecule has 24 heavy (non-hydrogen) atoms. The topological polar surface area (TPSA) is 55.1 Å². The Morgan fingerprint density at radius 3 is 2.25 bits per heavy atom. The molecule has 0 atom stereocenters. The third kappa shape index (κ3) is 3.71. The molecule has 0 bridgehead atoms. The number of benzene rings is 2. The van der Waals surface area contributed by atoms with Crippen molar-refractivity contribution in [3.63, 3.8) is 0 Å². The van der Waals surface area contributed by atoms with Crippen LogP contribution in [0.5, 0.6) is 0 Å². The highest BCUT2D eigenvalue weighted by atomic mass is 16.4. The Kier molecular flexibility index (Phi) is 5.06. The molecule has 1 N–H and O–H groups in total. The molecule has 3 rings (SSSR count). The van der Waals surface area contributed by atoms with E-state index in [2.05, 4.69) is 10.3 Å². The van der Waals surface area contributed by atoms with E-state index in [9.17, 15) is 4.79 Å². The second-order valence-electron chi connectivity index (χ2n) is 5.47. The minimum Gasteiger partial charge on any atom is -0.440 e. The molecule has 0 spiro atoms. The molecule has 1 aromatic heterocycles. The van der Waals surface area contributed by atoms with E-state index in [-0.39, 0.29) is 5.91 Å². The fourth-order valence-electron chi connectivity index (χ4n) is 2.55. The monoisotopic (exact) mass is 320 g/mol. The Morgan fingerprint density at radius 2 is 1.62 bits per heavy atom. The molecular weight excluding hydrogens is 300 g/mol. The van der Waals surface area contributed by atoms with Gasteiger partial charge in [-0.1, -0.05) is 60.7 Å². The van der Waals surface area contributed by atoms with Crippen LogP contribution in [-0.2, 0) is 11.2 Å². The standard InChI is InChI=1S/C20H20N2O2/c1-2-21-17(23)13-14-18-22-19(15-9-5-3-6-10-15)20(24-18)16-11-7-4-8-12-16/h3-12H,2,13-14H2,1H3,(H,21,23). The molecule has 0 aliphatic carbocycles. The summed E-state index contributed by atoms with van der Waals surface area (Å²) in [6.45, 7) is 2.54. The first-order valence-corrected chi connectivity index (χ1v) is 8.15. The number of aryl methyl sites for hydroxylation is 1. The molecule has 3 aromatic rings. The predicted molar refractivity (Wildman–Crippen MR) is 94.4 cm³/mol. The van der Waals surface area contributed by atoms with Gasteiger partial charge in [0.1, 0.15) is 5.69 Å². The zero-order valence-electron chi connectivity index (χ0n) is 13.7. The SMILES string of the molecule is CCNC(=O)CCc1nc(-c2ccccc2)c(-c2ccccc2)o1. The lowest BCUT2D eigenvalue weighted by Crippen LogP contribution is -2.22. The van der Waals surface area contributed by atoms with Gasteiger partial charge in [-0.25, -0.2) is 4.98 Å². The van der Waals surface area contributed by atoms with E-state index < -0.39 is 0 Å². The predicted octanol–water partition coefficient (Wildman–Crippen LogP) is 4.08. The van der Waals surface area contributed by atoms with Gasteiger partial charge in [0.2, 0.25) is 5.91 Å². The normalized spacial score (nSPS) is 10.5. The van der Waals surface area contributed by atoms with E-state index >= 15 is 0 Å². The molecule has 0 radical (unpaired) electrons. The summed E-state index contributed by atoms with van der Waals surface area (Å²) >= 11 is 0. The minimum atomic E-state index is 0.0122. The van der Waals surface area contributed by atoms with Crippen LogP contribution in [-0.4, -0.2) is 17.4 Å². The quantitative estimate of drug-likeness (QED) is 0.744. The number of hydrogen-bond donors (Lipinski definition) is 1. The van der Waals surface area contributed by atoms with E-state index in [1.54, 1.807) is 0 Å². The summed E-state index contributed by atoms with van der Waals surface area (Å²) in [5.74, 6) is 1.34. The molecule has 4 nitrogen and oxygen atoms in total. The Bertz CT molecular complexity index is 738. The first-order valence-electron chi connectivity index (χ1n) is 8.15. The molecule has 4 heteroatoms. The van der Waals surface area contributed by atoms with Crippen molar-refractivity contribution in [1.82, 2.24) is 10.3 Å². The highest BCUT2D eigenvalue weighted by Crippen LogP contribution is 2.32. The van der Waals surface area contributed by atoms with Crippen molar-refractivity contribution in [2.75, 3.05) is 6.54 Å². The zero-order chi connectivity index (χ0) is 16.8. The van der Waals surface area contributed by atoms with Crippen LogP contribution >= 0.6 is 0 Å². The smallest absolute Gasteiger partial charge is 0.220 e. The third-order valence-corrected chi connectivity index (χ3v) is 3.69. The summed E-state index contributed by atoms with van der Waals surface area (Å²) < 4.78 is 5.99. The number of carbonyl (C=O) groups excluding carboxylic acids is 1. The van der Waals surface area contributed by atoms with Crippen molar-refractivity contribution >= 4 is 5.91 Å². The summed E-state index contributed by atoms with van der Waals surface area (Å²) in [6.07, 6.45) is 0.856. The van der Waals surface area contributed by atoms with Crippen LogP contribution in [0.15, 0.2) is 65.1 Å². The van der Waals surface area contributed by atoms with Crippen molar-refractivity contribution < 1.29 is 9.21 Å². The largest absolute Gasteiger partial charge is 0.440 e. The van der Waals surface area contributed by atoms with E-state index in [4.69, 9.17) is 4.42 Å². The van der Waals surface area contributed by atoms with Crippen LogP contribution in [0.3, 0.4) is 0 Å². The summed E-state index contributed by atoms with van der Waals surface area (Å²) in [5.41, 5.74) is 2.80. The first-order chi connectivity index (χ1) is 11.8. The number of nitrogens with zero attached hydrogens (tertiary/aromatic N) is 1. The maximum absolute atomic E-state index is 11.7. The van der Waals surface area contributed by atoms with Gasteiger partial charge in [0, 0.05) is 30.5 Å². The summed E-state index contributed by atoms with van der Waals surface area (Å²) in [4.78, 5) is 16.3. The molecule has 0 unspecified atom stereocenters. The molecule has 0 saturated heterocycles. The second kappa shape index (κ2) is 7.59. The highest BCUT2D eigenvalue weighted by molar-refractivity contribution is 5.77. The molecule has 0 aliphatic heterocycles. The minimum absolute atomic E-state index is 0.0122. The molecule has 0 saturated carbocycles. The Hall–Kier alpha value is -2.88. The molecule has 1 heterocycles. The van der Waals surface area contributed by atoms with Gasteiger partial charge in [0.25, 0.3) is 0 Å². The molecule has 2 aromatic carbocycles. The fraction of sp³-hybridized carbons (Fsp3) is 0.200. The van der Waals surface area contributed by atoms with Gasteiger partial charge < -0.3 is 9.73 Å². The number of nitrogens with one attached hydrogen (secondary N) is 1. The highest BCUT2D eigenvalue weighted by Gasteiger charge is 2.17. The number of carbonyl (C=O) groups is 1. The van der Waals surface area contributed by atoms with Crippen LogP contribution in [0.25, 0.3) is 22.6 Å². The Balaban J connectivity index is 1.93. The summed E-state index contributed by atoms with van der Waals surface area (Å²) in [5, 5.41) is 2.79. The lowest BCUT2D eigenvalue weighted by molar-refractivity contribution is -0.121. The Labute approximate surface area is 141 Å². The molecule has 122 valence electrons. The molecule has 0 fully saturated rings. The van der Waals surface area contributed by atoms with Crippen molar-refractivity contribution in [2.24, 2.45) is 0 Å². The van der Waals surface area contributed by atoms with E-state index in [0.29, 0.717) is 25.3 Å². The fourth-order valence-corrected chi connectivity index (χ4v) is 2.55. The zero-order valence-corrected chi connectivity index (χ0v) is 13.7. The van der Waals surface area contributed by atoms with Crippen molar-refractivity contribution in [3.8, 4) is 22.6 Å². The third-order valence-electron chi connectivity index (χ3n) is 3.69. The maximum atomic E-state index is 11.7. The number of amides is 1. The lowest BCUT2D eigenvalue weighted by Gasteiger charge is -2.00. The van der Waals surface area contributed by atoms with Crippen LogP contribution in [0, 0.1) is 0 Å². The maximum Gasteiger partial charge on any atom is 0.220 e. The van der Waals surface area contributed by atoms with Crippen LogP contribution in [0.2, 0.25) is 0 Å². The van der Waals surface area contributed by atoms with E-state index in [1.165, 1.54) is 0 Å². The Morgan fingerprint density at radius 1 is 1.00 bits per heavy atom. The van der Waals surface area contributed by atoms with Crippen molar-refractivity contribution in [1.29, 1.82) is 0 Å². The van der Waals surface area contributed by atoms with Crippen LogP contribution in [0.4, 0.5) is 0 Å². The van der Waals surface area contributed by atoms with Crippen molar-refractivity contribution in [2.45, 2.75) is 19.8 Å². The number of oxazole rings is 1. The van der Waals surface area contributed by atoms with Crippen molar-refractivity contribution in [3.05, 3.63) is 66.6 Å². The average Bonchev–Trinajstić information content (AvgIpc) is 3.06. The number of rotatable bonds is 6. The lowest BCUT2D eigenvalue weighted by atomic mass is 10.1. The average molecular weight is 320 g/mol. The number of aromatic nitrogens is 1. The van der Waals surface area contributed by atoms with Gasteiger partial charge in [0.15, 0.2) is 11.7 Å². The molecule has 1 amide bonds. The number of hydrogen-bond acceptors (Lipinski definition) is 3. The van der Waals surface area contributed by atoms with Crippen LogP contribution in [0.1, 0.15) is 19.2 Å². The van der Waals surface area contributed by atoms with Gasteiger partial charge in [-0.15, -0.1) is 0 Å². The molecule has 0 aliphatic rings. The summed E-state index contributed by atoms with van der Waals surface area (Å²) in [6, 6.07) is 19.9. The van der Waals surface area contributed by atoms with Gasteiger partial charge >= 0.3 is 0 Å². The van der Waals surface area contributed by atoms with Gasteiger partial charge in [0.05, 0.1) is 0 Å². The van der Waals surface area contributed by atoms with Crippen LogP contribution < -0.4 is 5.32 Å². The summed E-state index contributed by atoms with van der Waals surface area (Å²) in [7, 11) is 0. The molecular formula is C20H20N2O2. The van der Waals surface area contributed by atoms with Gasteiger partial charge in [-0.05, 0) is 6.92 Å². The van der Waals surface area contributed by atoms with Gasteiger partial charge in [-0.2, -0.15) is 0 Å². The van der Waals surface area contributed by atoms with E-state index in [0.717, 1.165) is 22.6 Å². The second-order valence-corrected chi connectivity index (χ2v) is 5.47. The van der Waals surface area contributed by atoms with E-state index in [1.807, 2.05) is 67.6 Å². The first kappa shape index (κ1) is 16.0.